The second-order valence-electron chi connectivity index (χ2n) is 9.29. The Bertz CT molecular complexity index is 1140. The van der Waals surface area contributed by atoms with Crippen LogP contribution in [0.4, 0.5) is 0 Å². The molecule has 3 heterocycles. The molecule has 0 spiro atoms. The van der Waals surface area contributed by atoms with Gasteiger partial charge in [-0.05, 0) is 62.1 Å². The summed E-state index contributed by atoms with van der Waals surface area (Å²) in [6.07, 6.45) is 4.46. The van der Waals surface area contributed by atoms with Crippen molar-refractivity contribution >= 4 is 16.9 Å². The number of hydrogen-bond donors (Lipinski definition) is 2. The van der Waals surface area contributed by atoms with E-state index in [-0.39, 0.29) is 6.04 Å². The van der Waals surface area contributed by atoms with Crippen LogP contribution in [0.5, 0.6) is 5.75 Å². The summed E-state index contributed by atoms with van der Waals surface area (Å²) in [4.78, 5) is 19.9. The number of benzene rings is 2. The first-order valence-corrected chi connectivity index (χ1v) is 11.4. The first kappa shape index (κ1) is 21.0. The lowest BCUT2D eigenvalue weighted by atomic mass is 9.96. The van der Waals surface area contributed by atoms with Gasteiger partial charge in [-0.3, -0.25) is 9.80 Å². The lowest BCUT2D eigenvalue weighted by molar-refractivity contribution is 0.0285. The largest absolute Gasteiger partial charge is 0.496 e. The molecule has 0 aliphatic carbocycles. The maximum atomic E-state index is 11.3. The number of nitrogens with one attached hydrogen (secondary N) is 1. The standard InChI is InChI=1S/C26H31N3O3/c1-16-12-24(32-3)22(21-10-11-27-25(16)21)14-28-13-20-9-4-17(2)29(20)15-23(28)18-5-7-19(8-6-18)26(30)31/h5-8,10-12,17,20,23,27H,4,9,13-15H2,1-3H3,(H,30,31)/t17-,20+,23?/m1/s1. The van der Waals surface area contributed by atoms with Gasteiger partial charge in [0.2, 0.25) is 0 Å². The van der Waals surface area contributed by atoms with Crippen LogP contribution in [0.3, 0.4) is 0 Å². The van der Waals surface area contributed by atoms with E-state index in [0.717, 1.165) is 30.9 Å². The number of aromatic carboxylic acids is 1. The van der Waals surface area contributed by atoms with Gasteiger partial charge in [-0.15, -0.1) is 0 Å². The van der Waals surface area contributed by atoms with Gasteiger partial charge in [-0.2, -0.15) is 0 Å². The number of aryl methyl sites for hydroxylation is 1. The predicted octanol–water partition coefficient (Wildman–Crippen LogP) is 4.59. The molecule has 0 radical (unpaired) electrons. The highest BCUT2D eigenvalue weighted by Gasteiger charge is 2.40. The van der Waals surface area contributed by atoms with Crippen LogP contribution in [0, 0.1) is 6.92 Å². The van der Waals surface area contributed by atoms with E-state index in [0.29, 0.717) is 17.6 Å². The van der Waals surface area contributed by atoms with E-state index in [2.05, 4.69) is 40.8 Å². The van der Waals surface area contributed by atoms with E-state index in [1.54, 1.807) is 19.2 Å². The lowest BCUT2D eigenvalue weighted by Crippen LogP contribution is -2.53. The summed E-state index contributed by atoms with van der Waals surface area (Å²) in [5.41, 5.74) is 5.06. The van der Waals surface area contributed by atoms with Crippen LogP contribution in [0.2, 0.25) is 0 Å². The number of aromatic amines is 1. The number of rotatable bonds is 5. The summed E-state index contributed by atoms with van der Waals surface area (Å²) < 4.78 is 5.82. The molecular formula is C26H31N3O3. The van der Waals surface area contributed by atoms with Crippen molar-refractivity contribution in [3.8, 4) is 5.75 Å². The van der Waals surface area contributed by atoms with Crippen molar-refractivity contribution in [3.05, 3.63) is 64.8 Å². The molecule has 3 atom stereocenters. The molecule has 0 saturated carbocycles. The Balaban J connectivity index is 1.53. The third kappa shape index (κ3) is 3.57. The summed E-state index contributed by atoms with van der Waals surface area (Å²) in [5, 5.41) is 10.5. The number of carbonyl (C=O) groups is 1. The smallest absolute Gasteiger partial charge is 0.335 e. The fourth-order valence-electron chi connectivity index (χ4n) is 5.69. The van der Waals surface area contributed by atoms with Gasteiger partial charge in [0.25, 0.3) is 0 Å². The van der Waals surface area contributed by atoms with E-state index in [1.165, 1.54) is 34.9 Å². The van der Waals surface area contributed by atoms with Crippen molar-refractivity contribution in [1.82, 2.24) is 14.8 Å². The van der Waals surface area contributed by atoms with E-state index >= 15 is 0 Å². The number of methoxy groups -OCH3 is 1. The number of ether oxygens (including phenoxy) is 1. The first-order chi connectivity index (χ1) is 15.5. The molecule has 2 fully saturated rings. The van der Waals surface area contributed by atoms with Crippen LogP contribution in [0.15, 0.2) is 42.6 Å². The number of piperazine rings is 1. The molecule has 2 aromatic carbocycles. The first-order valence-electron chi connectivity index (χ1n) is 11.4. The van der Waals surface area contributed by atoms with Crippen molar-refractivity contribution in [1.29, 1.82) is 0 Å². The van der Waals surface area contributed by atoms with Crippen LogP contribution < -0.4 is 4.74 Å². The molecule has 1 aromatic heterocycles. The highest BCUT2D eigenvalue weighted by molar-refractivity contribution is 5.88. The minimum absolute atomic E-state index is 0.203. The van der Waals surface area contributed by atoms with Crippen molar-refractivity contribution in [2.24, 2.45) is 0 Å². The average Bonchev–Trinajstić information content (AvgIpc) is 3.42. The third-order valence-electron chi connectivity index (χ3n) is 7.46. The number of aromatic nitrogens is 1. The fraction of sp³-hybridized carbons (Fsp3) is 0.423. The molecule has 0 bridgehead atoms. The van der Waals surface area contributed by atoms with Gasteiger partial charge in [0.1, 0.15) is 5.75 Å². The Morgan fingerprint density at radius 3 is 2.69 bits per heavy atom. The molecule has 6 nitrogen and oxygen atoms in total. The zero-order valence-corrected chi connectivity index (χ0v) is 19.0. The molecule has 2 aliphatic heterocycles. The Kier molecular flexibility index (Phi) is 5.43. The zero-order valence-electron chi connectivity index (χ0n) is 19.0. The van der Waals surface area contributed by atoms with Crippen LogP contribution in [0.1, 0.15) is 52.9 Å². The van der Waals surface area contributed by atoms with Crippen molar-refractivity contribution in [2.45, 2.75) is 51.4 Å². The minimum atomic E-state index is -0.885. The maximum Gasteiger partial charge on any atom is 0.335 e. The van der Waals surface area contributed by atoms with Crippen molar-refractivity contribution < 1.29 is 14.6 Å². The quantitative estimate of drug-likeness (QED) is 0.616. The van der Waals surface area contributed by atoms with Gasteiger partial charge in [-0.1, -0.05) is 12.1 Å². The molecule has 2 aliphatic rings. The van der Waals surface area contributed by atoms with E-state index in [4.69, 9.17) is 4.74 Å². The van der Waals surface area contributed by atoms with Crippen LogP contribution in [0.25, 0.3) is 10.9 Å². The number of carboxylic acid groups (broad SMARTS) is 1. The normalized spacial score (nSPS) is 24.0. The topological polar surface area (TPSA) is 68.8 Å². The summed E-state index contributed by atoms with van der Waals surface area (Å²) in [7, 11) is 1.75. The Morgan fingerprint density at radius 1 is 1.19 bits per heavy atom. The highest BCUT2D eigenvalue weighted by atomic mass is 16.5. The number of fused-ring (bicyclic) bond motifs is 2. The highest BCUT2D eigenvalue weighted by Crippen LogP contribution is 2.39. The van der Waals surface area contributed by atoms with Gasteiger partial charge in [-0.25, -0.2) is 4.79 Å². The Hall–Kier alpha value is -2.83. The minimum Gasteiger partial charge on any atom is -0.496 e. The van der Waals surface area contributed by atoms with Gasteiger partial charge >= 0.3 is 5.97 Å². The number of carboxylic acids is 1. The molecule has 168 valence electrons. The van der Waals surface area contributed by atoms with Crippen molar-refractivity contribution in [2.75, 3.05) is 20.2 Å². The van der Waals surface area contributed by atoms with Gasteiger partial charge in [0, 0.05) is 60.4 Å². The SMILES string of the molecule is COc1cc(C)c2[nH]ccc2c1CN1C[C@@H]2CC[C@@H](C)N2CC1c1ccc(C(=O)O)cc1. The lowest BCUT2D eigenvalue weighted by Gasteiger charge is -2.45. The molecule has 2 N–H and O–H groups in total. The summed E-state index contributed by atoms with van der Waals surface area (Å²) in [6.45, 7) is 7.19. The molecule has 2 saturated heterocycles. The third-order valence-corrected chi connectivity index (χ3v) is 7.46. The van der Waals surface area contributed by atoms with Crippen LogP contribution in [-0.4, -0.2) is 58.1 Å². The van der Waals surface area contributed by atoms with Crippen molar-refractivity contribution in [3.63, 3.8) is 0 Å². The maximum absolute atomic E-state index is 11.3. The molecule has 5 rings (SSSR count). The molecule has 3 aromatic rings. The van der Waals surface area contributed by atoms with Crippen LogP contribution >= 0.6 is 0 Å². The van der Waals surface area contributed by atoms with E-state index in [1.807, 2.05) is 18.3 Å². The van der Waals surface area contributed by atoms with E-state index in [9.17, 15) is 9.90 Å². The fourth-order valence-corrected chi connectivity index (χ4v) is 5.69. The number of H-pyrrole nitrogens is 1. The van der Waals surface area contributed by atoms with Gasteiger partial charge < -0.3 is 14.8 Å². The summed E-state index contributed by atoms with van der Waals surface area (Å²) >= 11 is 0. The molecular weight excluding hydrogens is 402 g/mol. The molecule has 32 heavy (non-hydrogen) atoms. The molecule has 1 unspecified atom stereocenters. The van der Waals surface area contributed by atoms with E-state index < -0.39 is 5.97 Å². The second-order valence-corrected chi connectivity index (χ2v) is 9.29. The zero-order chi connectivity index (χ0) is 22.4. The monoisotopic (exact) mass is 433 g/mol. The Labute approximate surface area is 188 Å². The second kappa shape index (κ2) is 8.26. The predicted molar refractivity (Wildman–Crippen MR) is 125 cm³/mol. The summed E-state index contributed by atoms with van der Waals surface area (Å²) in [5.74, 6) is 0.0429. The van der Waals surface area contributed by atoms with Gasteiger partial charge in [0.15, 0.2) is 0 Å². The van der Waals surface area contributed by atoms with Crippen LogP contribution in [-0.2, 0) is 6.54 Å². The summed E-state index contributed by atoms with van der Waals surface area (Å²) in [6, 6.07) is 13.1. The number of hydrogen-bond acceptors (Lipinski definition) is 4. The van der Waals surface area contributed by atoms with Gasteiger partial charge in [0.05, 0.1) is 12.7 Å². The average molecular weight is 434 g/mol. The number of nitrogens with zero attached hydrogens (tertiary/aromatic N) is 2. The molecule has 6 heteroatoms. The Morgan fingerprint density at radius 2 is 1.97 bits per heavy atom. The molecule has 0 amide bonds.